The fourth-order valence-corrected chi connectivity index (χ4v) is 1.68. The van der Waals surface area contributed by atoms with Gasteiger partial charge in [0.2, 0.25) is 11.5 Å². The minimum atomic E-state index is -4.94. The Bertz CT molecular complexity index is 555. The molecule has 0 saturated carbocycles. The van der Waals surface area contributed by atoms with Crippen molar-refractivity contribution >= 4 is 0 Å². The third-order valence-electron chi connectivity index (χ3n) is 2.60. The highest BCUT2D eigenvalue weighted by atomic mass is 35.7. The molecule has 0 bridgehead atoms. The van der Waals surface area contributed by atoms with E-state index in [-0.39, 0.29) is 0 Å². The average Bonchev–Trinajstić information content (AvgIpc) is 2.78. The standard InChI is InChI=1S/C13H16NO2.ClHO4/c1-4-14-10(2)9-13(16-14)11-5-7-12(15-3)8-6-11;2-1(3,4)5/h5-9H,4H2,1-3H3;(H,2,3,4,5)/q+1;/p-1. The van der Waals surface area contributed by atoms with Crippen molar-refractivity contribution in [2.24, 2.45) is 0 Å². The van der Waals surface area contributed by atoms with Gasteiger partial charge < -0.3 is 4.74 Å². The van der Waals surface area contributed by atoms with Crippen LogP contribution in [-0.2, 0) is 6.54 Å². The number of hydrogen-bond acceptors (Lipinski definition) is 6. The van der Waals surface area contributed by atoms with Gasteiger partial charge in [-0.25, -0.2) is 23.2 Å². The zero-order valence-corrected chi connectivity index (χ0v) is 12.6. The van der Waals surface area contributed by atoms with Crippen molar-refractivity contribution in [1.29, 1.82) is 0 Å². The van der Waals surface area contributed by atoms with Crippen molar-refractivity contribution in [2.75, 3.05) is 7.11 Å². The van der Waals surface area contributed by atoms with E-state index in [4.69, 9.17) is 27.9 Å². The van der Waals surface area contributed by atoms with Gasteiger partial charge in [-0.15, -0.1) is 10.2 Å². The van der Waals surface area contributed by atoms with Gasteiger partial charge in [0, 0.05) is 12.5 Å². The topological polar surface area (TPSA) is 118 Å². The van der Waals surface area contributed by atoms with Gasteiger partial charge in [-0.2, -0.15) is 0 Å². The van der Waals surface area contributed by atoms with Crippen LogP contribution in [0.2, 0.25) is 0 Å². The van der Waals surface area contributed by atoms with Gasteiger partial charge in [0.1, 0.15) is 5.75 Å². The molecule has 1 aromatic carbocycles. The largest absolute Gasteiger partial charge is 0.497 e. The minimum absolute atomic E-state index is 0.849. The number of rotatable bonds is 3. The second kappa shape index (κ2) is 7.39. The smallest absolute Gasteiger partial charge is 0.229 e. The normalized spacial score (nSPS) is 10.8. The monoisotopic (exact) mass is 317 g/mol. The van der Waals surface area contributed by atoms with E-state index < -0.39 is 10.2 Å². The molecule has 21 heavy (non-hydrogen) atoms. The molecule has 0 amide bonds. The Balaban J connectivity index is 0.000000383. The fourth-order valence-electron chi connectivity index (χ4n) is 1.68. The van der Waals surface area contributed by atoms with Gasteiger partial charge in [-0.1, -0.05) is 0 Å². The molecular weight excluding hydrogens is 302 g/mol. The summed E-state index contributed by atoms with van der Waals surface area (Å²) in [6.07, 6.45) is 0. The zero-order valence-electron chi connectivity index (χ0n) is 11.9. The minimum Gasteiger partial charge on any atom is -0.497 e. The van der Waals surface area contributed by atoms with Crippen LogP contribution in [0.25, 0.3) is 11.3 Å². The molecule has 0 radical (unpaired) electrons. The molecule has 8 heteroatoms. The Kier molecular flexibility index (Phi) is 6.13. The molecular formula is C13H16ClNO6. The number of nitrogens with zero attached hydrogens (tertiary/aromatic N) is 1. The number of halogens is 1. The van der Waals surface area contributed by atoms with Gasteiger partial charge in [0.15, 0.2) is 6.54 Å². The molecule has 0 N–H and O–H groups in total. The second-order valence-corrected chi connectivity index (χ2v) is 4.80. The van der Waals surface area contributed by atoms with Crippen LogP contribution in [0.4, 0.5) is 0 Å². The molecule has 7 nitrogen and oxygen atoms in total. The molecule has 0 spiro atoms. The van der Waals surface area contributed by atoms with Crippen molar-refractivity contribution in [3.8, 4) is 17.1 Å². The fraction of sp³-hybridized carbons (Fsp3) is 0.308. The van der Waals surface area contributed by atoms with E-state index in [0.29, 0.717) is 0 Å². The lowest BCUT2D eigenvalue weighted by molar-refractivity contribution is -2.00. The highest BCUT2D eigenvalue weighted by Crippen LogP contribution is 2.22. The Hall–Kier alpha value is -1.64. The van der Waals surface area contributed by atoms with Crippen LogP contribution >= 0.6 is 0 Å². The summed E-state index contributed by atoms with van der Waals surface area (Å²) in [4.78, 5) is 0. The first kappa shape index (κ1) is 17.4. The Labute approximate surface area is 124 Å². The van der Waals surface area contributed by atoms with Crippen LogP contribution in [0.5, 0.6) is 5.75 Å². The number of aryl methyl sites for hydroxylation is 2. The van der Waals surface area contributed by atoms with E-state index in [1.54, 1.807) is 7.11 Å². The first-order valence-corrected chi connectivity index (χ1v) is 7.25. The molecule has 0 aliphatic carbocycles. The lowest BCUT2D eigenvalue weighted by Gasteiger charge is -2.17. The van der Waals surface area contributed by atoms with E-state index >= 15 is 0 Å². The molecule has 1 heterocycles. The summed E-state index contributed by atoms with van der Waals surface area (Å²) in [6, 6.07) is 9.91. The van der Waals surface area contributed by atoms with E-state index in [1.807, 2.05) is 42.0 Å². The second-order valence-electron chi connectivity index (χ2n) is 4.04. The van der Waals surface area contributed by atoms with Crippen LogP contribution in [0.1, 0.15) is 12.6 Å². The first-order chi connectivity index (χ1) is 9.74. The molecule has 116 valence electrons. The van der Waals surface area contributed by atoms with E-state index in [9.17, 15) is 0 Å². The maximum absolute atomic E-state index is 8.49. The molecule has 0 fully saturated rings. The van der Waals surface area contributed by atoms with E-state index in [0.717, 1.165) is 29.3 Å². The van der Waals surface area contributed by atoms with Crippen LogP contribution in [-0.4, -0.2) is 7.11 Å². The summed E-state index contributed by atoms with van der Waals surface area (Å²) in [5.74, 6) is 1.75. The lowest BCUT2D eigenvalue weighted by Crippen LogP contribution is -2.68. The predicted molar refractivity (Wildman–Crippen MR) is 61.3 cm³/mol. The van der Waals surface area contributed by atoms with Crippen molar-refractivity contribution < 1.29 is 42.9 Å². The van der Waals surface area contributed by atoms with Crippen LogP contribution in [0, 0.1) is 17.2 Å². The highest BCUT2D eigenvalue weighted by molar-refractivity contribution is 5.57. The Morgan fingerprint density at radius 3 is 2.05 bits per heavy atom. The summed E-state index contributed by atoms with van der Waals surface area (Å²) in [5, 5.41) is 0. The third kappa shape index (κ3) is 6.11. The summed E-state index contributed by atoms with van der Waals surface area (Å²) >= 11 is 0. The van der Waals surface area contributed by atoms with Gasteiger partial charge in [-0.05, 0) is 35.9 Å². The summed E-state index contributed by atoms with van der Waals surface area (Å²) in [7, 11) is -3.28. The quantitative estimate of drug-likeness (QED) is 0.594. The van der Waals surface area contributed by atoms with Crippen molar-refractivity contribution in [3.63, 3.8) is 0 Å². The molecule has 0 atom stereocenters. The van der Waals surface area contributed by atoms with Gasteiger partial charge in [0.25, 0.3) is 0 Å². The molecule has 0 saturated heterocycles. The Morgan fingerprint density at radius 1 is 1.14 bits per heavy atom. The molecule has 2 aromatic rings. The number of hydrogen-bond donors (Lipinski definition) is 0. The SMILES string of the molecule is CC[n+]1oc(-c2ccc(OC)cc2)cc1C.[O-][Cl+3]([O-])([O-])[O-]. The van der Waals surface area contributed by atoms with E-state index in [2.05, 4.69) is 6.92 Å². The number of benzene rings is 1. The van der Waals surface area contributed by atoms with Crippen LogP contribution < -0.4 is 28.1 Å². The zero-order chi connectivity index (χ0) is 16.0. The molecule has 0 aliphatic rings. The van der Waals surface area contributed by atoms with Gasteiger partial charge in [-0.3, -0.25) is 0 Å². The highest BCUT2D eigenvalue weighted by Gasteiger charge is 2.14. The average molecular weight is 318 g/mol. The third-order valence-corrected chi connectivity index (χ3v) is 2.60. The number of ether oxygens (including phenoxy) is 1. The Morgan fingerprint density at radius 2 is 1.67 bits per heavy atom. The lowest BCUT2D eigenvalue weighted by atomic mass is 10.1. The van der Waals surface area contributed by atoms with Crippen molar-refractivity contribution in [3.05, 3.63) is 36.0 Å². The molecule has 2 rings (SSSR count). The van der Waals surface area contributed by atoms with Gasteiger partial charge >= 0.3 is 0 Å². The number of aromatic nitrogens is 1. The summed E-state index contributed by atoms with van der Waals surface area (Å²) < 4.78 is 46.7. The maximum Gasteiger partial charge on any atom is 0.229 e. The molecule has 0 unspecified atom stereocenters. The van der Waals surface area contributed by atoms with Gasteiger partial charge in [0.05, 0.1) is 13.2 Å². The maximum atomic E-state index is 8.49. The molecule has 0 aliphatic heterocycles. The summed E-state index contributed by atoms with van der Waals surface area (Å²) in [5.41, 5.74) is 2.20. The van der Waals surface area contributed by atoms with Crippen molar-refractivity contribution in [1.82, 2.24) is 0 Å². The van der Waals surface area contributed by atoms with Crippen LogP contribution in [0.15, 0.2) is 34.9 Å². The predicted octanol–water partition coefficient (Wildman–Crippen LogP) is -2.18. The van der Waals surface area contributed by atoms with Crippen LogP contribution in [0.3, 0.4) is 0 Å². The first-order valence-electron chi connectivity index (χ1n) is 6.01. The molecule has 1 aromatic heterocycles. The van der Waals surface area contributed by atoms with Crippen molar-refractivity contribution in [2.45, 2.75) is 20.4 Å². The number of methoxy groups -OCH3 is 1. The summed E-state index contributed by atoms with van der Waals surface area (Å²) in [6.45, 7) is 4.95. The van der Waals surface area contributed by atoms with E-state index in [1.165, 1.54) is 0 Å².